The summed E-state index contributed by atoms with van der Waals surface area (Å²) in [5, 5.41) is 9.65. The molecule has 1 fully saturated rings. The second kappa shape index (κ2) is 2.71. The van der Waals surface area contributed by atoms with Crippen LogP contribution in [0.3, 0.4) is 0 Å². The molecule has 0 unspecified atom stereocenters. The Balaban J connectivity index is 2.48. The van der Waals surface area contributed by atoms with Crippen molar-refractivity contribution in [2.24, 2.45) is 17.3 Å². The predicted molar refractivity (Wildman–Crippen MR) is 49.4 cm³/mol. The first-order valence-corrected chi connectivity index (χ1v) is 4.80. The van der Waals surface area contributed by atoms with Crippen molar-refractivity contribution in [3.05, 3.63) is 0 Å². The molecule has 0 bridgehead atoms. The summed E-state index contributed by atoms with van der Waals surface area (Å²) >= 11 is 0. The first kappa shape index (κ1) is 10.0. The number of hydrogen-bond donors (Lipinski definition) is 2. The van der Waals surface area contributed by atoms with E-state index in [1.54, 1.807) is 0 Å². The van der Waals surface area contributed by atoms with Gasteiger partial charge in [0.05, 0.1) is 12.1 Å². The van der Waals surface area contributed by atoms with Gasteiger partial charge in [0.2, 0.25) is 0 Å². The molecule has 0 aliphatic heterocycles. The first-order chi connectivity index (χ1) is 5.29. The maximum Gasteiger partial charge on any atom is 0.0776 e. The molecular weight excluding hydrogens is 150 g/mol. The lowest BCUT2D eigenvalue weighted by Gasteiger charge is -2.17. The third kappa shape index (κ3) is 1.80. The van der Waals surface area contributed by atoms with Crippen LogP contribution in [0, 0.1) is 17.3 Å². The zero-order chi connectivity index (χ0) is 9.57. The molecule has 0 amide bonds. The van der Waals surface area contributed by atoms with Crippen molar-refractivity contribution in [1.82, 2.24) is 0 Å². The Labute approximate surface area is 75.2 Å². The summed E-state index contributed by atoms with van der Waals surface area (Å²) in [6, 6.07) is 0. The molecule has 0 aromatic heterocycles. The lowest BCUT2D eigenvalue weighted by Crippen LogP contribution is -2.52. The van der Waals surface area contributed by atoms with Gasteiger partial charge in [0.1, 0.15) is 0 Å². The number of quaternary nitrogens is 1. The summed E-state index contributed by atoms with van der Waals surface area (Å²) < 4.78 is 0. The van der Waals surface area contributed by atoms with Crippen LogP contribution in [0.25, 0.3) is 0 Å². The van der Waals surface area contributed by atoms with Crippen LogP contribution in [0.5, 0.6) is 0 Å². The molecule has 4 N–H and O–H groups in total. The minimum absolute atomic E-state index is 0.418. The normalized spacial score (nSPS) is 33.5. The van der Waals surface area contributed by atoms with Gasteiger partial charge in [0, 0.05) is 5.92 Å². The van der Waals surface area contributed by atoms with Crippen molar-refractivity contribution in [2.75, 3.05) is 6.54 Å². The van der Waals surface area contributed by atoms with Crippen LogP contribution < -0.4 is 5.73 Å². The molecule has 1 rings (SSSR count). The van der Waals surface area contributed by atoms with Crippen LogP contribution in [-0.4, -0.2) is 17.3 Å². The average molecular weight is 172 g/mol. The van der Waals surface area contributed by atoms with Gasteiger partial charge >= 0.3 is 0 Å². The largest absolute Gasteiger partial charge is 0.390 e. The maximum absolute atomic E-state index is 9.65. The van der Waals surface area contributed by atoms with Gasteiger partial charge in [-0.05, 0) is 31.6 Å². The van der Waals surface area contributed by atoms with Crippen molar-refractivity contribution >= 4 is 0 Å². The molecule has 0 heterocycles. The molecule has 2 heteroatoms. The van der Waals surface area contributed by atoms with Crippen LogP contribution in [0.2, 0.25) is 0 Å². The molecular formula is C10H22NO+. The molecule has 0 aromatic carbocycles. The molecule has 0 saturated heterocycles. The van der Waals surface area contributed by atoms with E-state index in [2.05, 4.69) is 19.6 Å². The van der Waals surface area contributed by atoms with Gasteiger partial charge in [0.15, 0.2) is 0 Å². The highest BCUT2D eigenvalue weighted by Crippen LogP contribution is 2.60. The lowest BCUT2D eigenvalue weighted by molar-refractivity contribution is -0.374. The summed E-state index contributed by atoms with van der Waals surface area (Å²) in [5.41, 5.74) is 3.85. The zero-order valence-electron chi connectivity index (χ0n) is 8.72. The van der Waals surface area contributed by atoms with Crippen molar-refractivity contribution in [3.63, 3.8) is 0 Å². The standard InChI is InChI=1S/C10H21NO/c1-9(2,12)5-7-8(6-11)10(7,3)4/h7-8,12H,5-6,11H2,1-4H3/p+1/t7-,8+/m0/s1. The van der Waals surface area contributed by atoms with Crippen LogP contribution in [0.4, 0.5) is 0 Å². The Hall–Kier alpha value is -0.0800. The van der Waals surface area contributed by atoms with E-state index in [0.29, 0.717) is 11.3 Å². The molecule has 1 saturated carbocycles. The van der Waals surface area contributed by atoms with Crippen molar-refractivity contribution in [3.8, 4) is 0 Å². The molecule has 2 nitrogen and oxygen atoms in total. The SMILES string of the molecule is CC(C)(O)C[C@H]1[C@@H](C[NH3+])C1(C)C. The van der Waals surface area contributed by atoms with Gasteiger partial charge in [-0.3, -0.25) is 0 Å². The van der Waals surface area contributed by atoms with Crippen LogP contribution in [-0.2, 0) is 0 Å². The average Bonchev–Trinajstić information content (AvgIpc) is 2.30. The molecule has 12 heavy (non-hydrogen) atoms. The zero-order valence-corrected chi connectivity index (χ0v) is 8.72. The van der Waals surface area contributed by atoms with Gasteiger partial charge in [-0.25, -0.2) is 0 Å². The fourth-order valence-corrected chi connectivity index (χ4v) is 2.37. The fraction of sp³-hybridized carbons (Fsp3) is 1.00. The van der Waals surface area contributed by atoms with E-state index in [0.717, 1.165) is 18.9 Å². The van der Waals surface area contributed by atoms with Gasteiger partial charge in [-0.2, -0.15) is 0 Å². The molecule has 0 spiro atoms. The highest BCUT2D eigenvalue weighted by Gasteiger charge is 2.58. The highest BCUT2D eigenvalue weighted by molar-refractivity contribution is 5.05. The van der Waals surface area contributed by atoms with Gasteiger partial charge in [-0.15, -0.1) is 0 Å². The quantitative estimate of drug-likeness (QED) is 0.645. The molecule has 2 atom stereocenters. The smallest absolute Gasteiger partial charge is 0.0776 e. The van der Waals surface area contributed by atoms with Crippen molar-refractivity contribution in [2.45, 2.75) is 39.7 Å². The van der Waals surface area contributed by atoms with E-state index in [9.17, 15) is 5.11 Å². The van der Waals surface area contributed by atoms with Gasteiger partial charge in [-0.1, -0.05) is 13.8 Å². The third-order valence-corrected chi connectivity index (χ3v) is 3.32. The summed E-state index contributed by atoms with van der Waals surface area (Å²) in [7, 11) is 0. The number of aliphatic hydroxyl groups is 1. The summed E-state index contributed by atoms with van der Waals surface area (Å²) in [4.78, 5) is 0. The minimum Gasteiger partial charge on any atom is -0.390 e. The van der Waals surface area contributed by atoms with E-state index in [1.807, 2.05) is 13.8 Å². The van der Waals surface area contributed by atoms with E-state index in [1.165, 1.54) is 0 Å². The topological polar surface area (TPSA) is 47.9 Å². The number of hydrogen-bond acceptors (Lipinski definition) is 1. The Bertz CT molecular complexity index is 169. The van der Waals surface area contributed by atoms with E-state index in [-0.39, 0.29) is 0 Å². The first-order valence-electron chi connectivity index (χ1n) is 4.80. The summed E-state index contributed by atoms with van der Waals surface area (Å²) in [5.74, 6) is 1.40. The van der Waals surface area contributed by atoms with E-state index < -0.39 is 5.60 Å². The van der Waals surface area contributed by atoms with Crippen LogP contribution in [0.15, 0.2) is 0 Å². The monoisotopic (exact) mass is 172 g/mol. The van der Waals surface area contributed by atoms with Crippen LogP contribution in [0.1, 0.15) is 34.1 Å². The highest BCUT2D eigenvalue weighted by atomic mass is 16.3. The Morgan fingerprint density at radius 2 is 1.83 bits per heavy atom. The van der Waals surface area contributed by atoms with E-state index >= 15 is 0 Å². The Kier molecular flexibility index (Phi) is 2.26. The van der Waals surface area contributed by atoms with Crippen molar-refractivity contribution < 1.29 is 10.8 Å². The maximum atomic E-state index is 9.65. The molecule has 0 aromatic rings. The minimum atomic E-state index is -0.508. The van der Waals surface area contributed by atoms with Gasteiger partial charge in [0.25, 0.3) is 0 Å². The molecule has 1 aliphatic carbocycles. The second-order valence-electron chi connectivity index (χ2n) is 5.34. The summed E-state index contributed by atoms with van der Waals surface area (Å²) in [6.07, 6.45) is 0.917. The van der Waals surface area contributed by atoms with Crippen LogP contribution >= 0.6 is 0 Å². The molecule has 0 radical (unpaired) electrons. The Morgan fingerprint density at radius 3 is 2.08 bits per heavy atom. The fourth-order valence-electron chi connectivity index (χ4n) is 2.37. The second-order valence-corrected chi connectivity index (χ2v) is 5.34. The van der Waals surface area contributed by atoms with Crippen molar-refractivity contribution in [1.29, 1.82) is 0 Å². The Morgan fingerprint density at radius 1 is 1.33 bits per heavy atom. The lowest BCUT2D eigenvalue weighted by atomic mass is 9.97. The predicted octanol–water partition coefficient (Wildman–Crippen LogP) is 0.661. The molecule has 72 valence electrons. The van der Waals surface area contributed by atoms with Gasteiger partial charge < -0.3 is 10.8 Å². The molecule has 1 aliphatic rings. The third-order valence-electron chi connectivity index (χ3n) is 3.32. The number of rotatable bonds is 3. The van der Waals surface area contributed by atoms with E-state index in [4.69, 9.17) is 0 Å². The summed E-state index contributed by atoms with van der Waals surface area (Å²) in [6.45, 7) is 9.34.